The maximum Gasteiger partial charge on any atom is 0.407 e. The molecule has 1 aliphatic rings. The molecule has 0 aliphatic heterocycles. The Hall–Kier alpha value is -3.87. The Morgan fingerprint density at radius 2 is 1.75 bits per heavy atom. The second kappa shape index (κ2) is 9.09. The van der Waals surface area contributed by atoms with Crippen LogP contribution < -0.4 is 5.32 Å². The van der Waals surface area contributed by atoms with E-state index in [-0.39, 0.29) is 18.2 Å². The van der Waals surface area contributed by atoms with Crippen molar-refractivity contribution in [2.24, 2.45) is 7.05 Å². The molecule has 0 bridgehead atoms. The summed E-state index contributed by atoms with van der Waals surface area (Å²) >= 11 is 0. The average molecular weight is 431 g/mol. The van der Waals surface area contributed by atoms with Crippen LogP contribution in [0.3, 0.4) is 0 Å². The third-order valence-corrected chi connectivity index (χ3v) is 5.68. The lowest BCUT2D eigenvalue weighted by Gasteiger charge is -2.14. The predicted molar refractivity (Wildman–Crippen MR) is 122 cm³/mol. The van der Waals surface area contributed by atoms with E-state index in [9.17, 15) is 14.7 Å². The van der Waals surface area contributed by atoms with E-state index in [1.54, 1.807) is 20.0 Å². The monoisotopic (exact) mass is 431 g/mol. The summed E-state index contributed by atoms with van der Waals surface area (Å²) in [5.74, 6) is -0.999. The van der Waals surface area contributed by atoms with Crippen LogP contribution in [-0.2, 0) is 11.8 Å². The molecule has 1 amide bonds. The number of benzene rings is 2. The smallest absolute Gasteiger partial charge is 0.407 e. The van der Waals surface area contributed by atoms with Gasteiger partial charge in [0.25, 0.3) is 0 Å². The van der Waals surface area contributed by atoms with Crippen LogP contribution in [0, 0.1) is 6.92 Å². The summed E-state index contributed by atoms with van der Waals surface area (Å²) in [5, 5.41) is 16.2. The largest absolute Gasteiger partial charge is 0.477 e. The lowest BCUT2D eigenvalue weighted by Crippen LogP contribution is -2.26. The molecule has 32 heavy (non-hydrogen) atoms. The number of alkyl carbamates (subject to hydrolysis) is 1. The molecular formula is C25H25N3O4. The van der Waals surface area contributed by atoms with Gasteiger partial charge in [-0.25, -0.2) is 9.59 Å². The minimum atomic E-state index is -1.02. The first-order chi connectivity index (χ1) is 15.5. The number of aryl methyl sites for hydroxylation is 2. The number of hydrogen-bond donors (Lipinski definition) is 2. The highest BCUT2D eigenvalue weighted by Crippen LogP contribution is 2.44. The number of nitrogens with one attached hydrogen (secondary N) is 1. The second-order valence-electron chi connectivity index (χ2n) is 7.72. The van der Waals surface area contributed by atoms with Crippen molar-refractivity contribution in [1.82, 2.24) is 15.1 Å². The van der Waals surface area contributed by atoms with Crippen LogP contribution >= 0.6 is 0 Å². The van der Waals surface area contributed by atoms with Gasteiger partial charge in [0, 0.05) is 25.1 Å². The molecule has 3 aromatic rings. The van der Waals surface area contributed by atoms with E-state index < -0.39 is 12.1 Å². The highest BCUT2D eigenvalue weighted by molar-refractivity contribution is 5.90. The Balaban J connectivity index is 1.30. The Bertz CT molecular complexity index is 1150. The number of nitrogens with zero attached hydrogens (tertiary/aromatic N) is 2. The van der Waals surface area contributed by atoms with E-state index >= 15 is 0 Å². The van der Waals surface area contributed by atoms with Crippen LogP contribution in [0.4, 0.5) is 4.79 Å². The Morgan fingerprint density at radius 1 is 1.12 bits per heavy atom. The highest BCUT2D eigenvalue weighted by Gasteiger charge is 2.28. The van der Waals surface area contributed by atoms with Crippen molar-refractivity contribution in [2.75, 3.05) is 13.2 Å². The molecule has 7 heteroatoms. The van der Waals surface area contributed by atoms with Crippen molar-refractivity contribution < 1.29 is 19.4 Å². The summed E-state index contributed by atoms with van der Waals surface area (Å²) in [6.45, 7) is 2.42. The van der Waals surface area contributed by atoms with Crippen molar-refractivity contribution in [1.29, 1.82) is 0 Å². The molecule has 1 aliphatic carbocycles. The molecule has 0 saturated heterocycles. The van der Waals surface area contributed by atoms with E-state index in [1.807, 2.05) is 30.3 Å². The molecule has 164 valence electrons. The number of amides is 1. The quantitative estimate of drug-likeness (QED) is 0.542. The van der Waals surface area contributed by atoms with Gasteiger partial charge in [-0.05, 0) is 35.6 Å². The third kappa shape index (κ3) is 4.14. The SMILES string of the molecule is Cc1nn(C)c(C(=O)O)c1C=CCCNC(=O)OCC1c2ccccc2-c2ccccc21. The zero-order valence-corrected chi connectivity index (χ0v) is 18.0. The van der Waals surface area contributed by atoms with Gasteiger partial charge in [-0.15, -0.1) is 0 Å². The van der Waals surface area contributed by atoms with Gasteiger partial charge in [0.05, 0.1) is 5.69 Å². The maximum absolute atomic E-state index is 12.2. The van der Waals surface area contributed by atoms with Gasteiger partial charge >= 0.3 is 12.1 Å². The van der Waals surface area contributed by atoms with Gasteiger partial charge in [0.1, 0.15) is 6.61 Å². The average Bonchev–Trinajstić information content (AvgIpc) is 3.25. The zero-order chi connectivity index (χ0) is 22.7. The number of aromatic carboxylic acids is 1. The first-order valence-corrected chi connectivity index (χ1v) is 10.5. The van der Waals surface area contributed by atoms with E-state index in [0.29, 0.717) is 24.2 Å². The lowest BCUT2D eigenvalue weighted by molar-refractivity contribution is 0.0684. The number of carboxylic acids is 1. The van der Waals surface area contributed by atoms with Crippen LogP contribution in [0.15, 0.2) is 54.6 Å². The van der Waals surface area contributed by atoms with Crippen molar-refractivity contribution in [3.63, 3.8) is 0 Å². The fraction of sp³-hybridized carbons (Fsp3) is 0.240. The van der Waals surface area contributed by atoms with Gasteiger partial charge in [0.15, 0.2) is 5.69 Å². The van der Waals surface area contributed by atoms with E-state index in [0.717, 1.165) is 0 Å². The first kappa shape index (κ1) is 21.4. The minimum absolute atomic E-state index is 0.0241. The molecule has 1 aromatic heterocycles. The molecule has 1 heterocycles. The number of carbonyl (C=O) groups is 2. The van der Waals surface area contributed by atoms with Gasteiger partial charge in [-0.1, -0.05) is 60.7 Å². The van der Waals surface area contributed by atoms with Crippen LogP contribution in [-0.4, -0.2) is 40.1 Å². The van der Waals surface area contributed by atoms with Crippen LogP contribution in [0.25, 0.3) is 17.2 Å². The molecule has 4 rings (SSSR count). The summed E-state index contributed by atoms with van der Waals surface area (Å²) in [4.78, 5) is 23.6. The molecule has 0 spiro atoms. The van der Waals surface area contributed by atoms with Gasteiger partial charge < -0.3 is 15.2 Å². The van der Waals surface area contributed by atoms with Gasteiger partial charge in [0.2, 0.25) is 0 Å². The fourth-order valence-corrected chi connectivity index (χ4v) is 4.24. The molecule has 2 aromatic carbocycles. The number of hydrogen-bond acceptors (Lipinski definition) is 4. The first-order valence-electron chi connectivity index (χ1n) is 10.5. The van der Waals surface area contributed by atoms with E-state index in [1.165, 1.54) is 26.9 Å². The minimum Gasteiger partial charge on any atom is -0.477 e. The Morgan fingerprint density at radius 3 is 2.38 bits per heavy atom. The number of aromatic nitrogens is 2. The highest BCUT2D eigenvalue weighted by atomic mass is 16.5. The number of ether oxygens (including phenoxy) is 1. The zero-order valence-electron chi connectivity index (χ0n) is 18.0. The summed E-state index contributed by atoms with van der Waals surface area (Å²) in [7, 11) is 1.60. The van der Waals surface area contributed by atoms with Crippen LogP contribution in [0.5, 0.6) is 0 Å². The molecule has 0 fully saturated rings. The van der Waals surface area contributed by atoms with Crippen LogP contribution in [0.1, 0.15) is 45.2 Å². The molecule has 2 N–H and O–H groups in total. The van der Waals surface area contributed by atoms with E-state index in [4.69, 9.17) is 4.74 Å². The van der Waals surface area contributed by atoms with Crippen molar-refractivity contribution in [2.45, 2.75) is 19.3 Å². The molecule has 7 nitrogen and oxygen atoms in total. The maximum atomic E-state index is 12.2. The Kier molecular flexibility index (Phi) is 6.07. The Labute approximate surface area is 186 Å². The number of carboxylic acid groups (broad SMARTS) is 1. The number of fused-ring (bicyclic) bond motifs is 3. The van der Waals surface area contributed by atoms with Crippen molar-refractivity contribution >= 4 is 18.1 Å². The molecule has 0 radical (unpaired) electrons. The number of carbonyl (C=O) groups excluding carboxylic acids is 1. The lowest BCUT2D eigenvalue weighted by atomic mass is 9.98. The van der Waals surface area contributed by atoms with Gasteiger partial charge in [-0.3, -0.25) is 4.68 Å². The molecule has 0 saturated carbocycles. The topological polar surface area (TPSA) is 93.5 Å². The normalized spacial score (nSPS) is 12.6. The van der Waals surface area contributed by atoms with E-state index in [2.05, 4.69) is 34.7 Å². The second-order valence-corrected chi connectivity index (χ2v) is 7.72. The van der Waals surface area contributed by atoms with Crippen LogP contribution in [0.2, 0.25) is 0 Å². The number of rotatable bonds is 7. The summed E-state index contributed by atoms with van der Waals surface area (Å²) < 4.78 is 6.87. The molecule has 0 atom stereocenters. The summed E-state index contributed by atoms with van der Waals surface area (Å²) in [5.41, 5.74) is 6.08. The summed E-state index contributed by atoms with van der Waals surface area (Å²) in [6, 6.07) is 16.4. The predicted octanol–water partition coefficient (Wildman–Crippen LogP) is 4.37. The molecular weight excluding hydrogens is 406 g/mol. The summed E-state index contributed by atoms with van der Waals surface area (Å²) in [6.07, 6.45) is 3.62. The van der Waals surface area contributed by atoms with Crippen molar-refractivity contribution in [3.05, 3.63) is 82.7 Å². The fourth-order valence-electron chi connectivity index (χ4n) is 4.24. The third-order valence-electron chi connectivity index (χ3n) is 5.68. The van der Waals surface area contributed by atoms with Crippen molar-refractivity contribution in [3.8, 4) is 11.1 Å². The van der Waals surface area contributed by atoms with Gasteiger partial charge in [-0.2, -0.15) is 5.10 Å². The standard InChI is InChI=1S/C25H25N3O4/c1-16-17(23(24(29)30)28(2)27-16)9-7-8-14-26-25(31)32-15-22-20-12-5-3-10-18(20)19-11-4-6-13-21(19)22/h3-7,9-13,22H,8,14-15H2,1-2H3,(H,26,31)(H,29,30). The molecule has 0 unspecified atom stereocenters.